The third kappa shape index (κ3) is 5.17. The predicted octanol–water partition coefficient (Wildman–Crippen LogP) is 4.93. The molecule has 1 amide bonds. The van der Waals surface area contributed by atoms with E-state index in [1.54, 1.807) is 17.7 Å². The first-order valence-corrected chi connectivity index (χ1v) is 14.0. The van der Waals surface area contributed by atoms with Crippen LogP contribution in [0.15, 0.2) is 47.4 Å². The van der Waals surface area contributed by atoms with E-state index in [4.69, 9.17) is 15.7 Å². The van der Waals surface area contributed by atoms with Gasteiger partial charge in [0.2, 0.25) is 5.95 Å². The number of benzene rings is 1. The molecule has 0 spiro atoms. The number of imidazole rings is 1. The summed E-state index contributed by atoms with van der Waals surface area (Å²) in [6.45, 7) is 1.68. The Morgan fingerprint density at radius 2 is 1.78 bits per heavy atom. The Morgan fingerprint density at radius 3 is 2.51 bits per heavy atom. The highest BCUT2D eigenvalue weighted by atomic mass is 32.1. The van der Waals surface area contributed by atoms with Gasteiger partial charge < -0.3 is 21.3 Å². The third-order valence-electron chi connectivity index (χ3n) is 7.32. The number of carbonyl (C=O) groups excluding carboxylic acids is 1. The van der Waals surface area contributed by atoms with E-state index in [0.29, 0.717) is 28.9 Å². The van der Waals surface area contributed by atoms with Crippen molar-refractivity contribution in [3.8, 4) is 5.69 Å². The zero-order valence-corrected chi connectivity index (χ0v) is 21.6. The van der Waals surface area contributed by atoms with Gasteiger partial charge in [0.05, 0.1) is 5.69 Å². The van der Waals surface area contributed by atoms with Crippen molar-refractivity contribution in [3.63, 3.8) is 0 Å². The van der Waals surface area contributed by atoms with E-state index in [9.17, 15) is 4.79 Å². The van der Waals surface area contributed by atoms with E-state index in [1.165, 1.54) is 6.42 Å². The first kappa shape index (κ1) is 23.9. The molecule has 3 aromatic heterocycles. The molecule has 0 bridgehead atoms. The normalized spacial score (nSPS) is 20.2. The monoisotopic (exact) mass is 516 g/mol. The largest absolute Gasteiger partial charge is 0.351 e. The van der Waals surface area contributed by atoms with E-state index in [1.807, 2.05) is 39.1 Å². The predicted molar refractivity (Wildman–Crippen MR) is 148 cm³/mol. The van der Waals surface area contributed by atoms with Crippen molar-refractivity contribution in [2.24, 2.45) is 5.73 Å². The summed E-state index contributed by atoms with van der Waals surface area (Å²) in [7, 11) is 0. The molecule has 1 saturated heterocycles. The van der Waals surface area contributed by atoms with E-state index >= 15 is 0 Å². The molecule has 2 fully saturated rings. The minimum absolute atomic E-state index is 0.101. The molecule has 2 aliphatic rings. The fourth-order valence-corrected chi connectivity index (χ4v) is 5.82. The van der Waals surface area contributed by atoms with Crippen LogP contribution in [0.4, 0.5) is 17.5 Å². The number of carbonyl (C=O) groups is 1. The maximum Gasteiger partial charge on any atom is 0.253 e. The number of thiophene rings is 1. The summed E-state index contributed by atoms with van der Waals surface area (Å²) in [5.41, 5.74) is 10.1. The summed E-state index contributed by atoms with van der Waals surface area (Å²) < 4.78 is 1.99. The number of piperidine rings is 1. The quantitative estimate of drug-likeness (QED) is 0.333. The van der Waals surface area contributed by atoms with Gasteiger partial charge in [0.1, 0.15) is 6.33 Å². The van der Waals surface area contributed by atoms with Crippen molar-refractivity contribution >= 4 is 45.9 Å². The van der Waals surface area contributed by atoms with Crippen molar-refractivity contribution < 1.29 is 4.79 Å². The zero-order valence-electron chi connectivity index (χ0n) is 20.8. The second-order valence-corrected chi connectivity index (χ2v) is 10.8. The molecule has 1 aromatic carbocycles. The summed E-state index contributed by atoms with van der Waals surface area (Å²) in [5.74, 6) is 1.30. The standard InChI is InChI=1S/C27H32N8OS/c28-19-6-10-21(11-7-19)31-27-32-24(23-25(33-27)35(17-29-23)22-12-15-37-16-22)30-20-8-4-18(5-9-20)26(36)34-13-2-1-3-14-34/h4-5,8-9,12,15-17,19,21H,1-3,6-7,10-11,13-14,28H2,(H2,30,31,32,33). The minimum Gasteiger partial charge on any atom is -0.351 e. The Balaban J connectivity index is 1.28. The van der Waals surface area contributed by atoms with E-state index < -0.39 is 0 Å². The van der Waals surface area contributed by atoms with Gasteiger partial charge in [0.25, 0.3) is 5.91 Å². The van der Waals surface area contributed by atoms with Crippen molar-refractivity contribution in [1.29, 1.82) is 0 Å². The molecule has 0 atom stereocenters. The summed E-state index contributed by atoms with van der Waals surface area (Å²) in [6.07, 6.45) is 9.15. The van der Waals surface area contributed by atoms with Crippen molar-refractivity contribution in [2.45, 2.75) is 57.0 Å². The Morgan fingerprint density at radius 1 is 1.00 bits per heavy atom. The summed E-state index contributed by atoms with van der Waals surface area (Å²) >= 11 is 1.63. The number of nitrogens with two attached hydrogens (primary N) is 1. The van der Waals surface area contributed by atoms with Gasteiger partial charge in [0, 0.05) is 41.8 Å². The summed E-state index contributed by atoms with van der Waals surface area (Å²) in [4.78, 5) is 29.2. The van der Waals surface area contributed by atoms with Crippen LogP contribution in [0, 0.1) is 0 Å². The molecular weight excluding hydrogens is 484 g/mol. The van der Waals surface area contributed by atoms with Crippen LogP contribution in [-0.4, -0.2) is 55.5 Å². The molecule has 1 saturated carbocycles. The van der Waals surface area contributed by atoms with Crippen LogP contribution >= 0.6 is 11.3 Å². The highest BCUT2D eigenvalue weighted by Crippen LogP contribution is 2.28. The van der Waals surface area contributed by atoms with Crippen LogP contribution in [0.25, 0.3) is 16.9 Å². The van der Waals surface area contributed by atoms with Crippen LogP contribution in [0.3, 0.4) is 0 Å². The lowest BCUT2D eigenvalue weighted by atomic mass is 9.92. The molecule has 9 nitrogen and oxygen atoms in total. The average Bonchev–Trinajstić information content (AvgIpc) is 3.61. The number of anilines is 3. The molecule has 6 rings (SSSR count). The highest BCUT2D eigenvalue weighted by molar-refractivity contribution is 7.08. The summed E-state index contributed by atoms with van der Waals surface area (Å²) in [5, 5.41) is 11.1. The number of fused-ring (bicyclic) bond motifs is 1. The van der Waals surface area contributed by atoms with Crippen molar-refractivity contribution in [3.05, 3.63) is 53.0 Å². The summed E-state index contributed by atoms with van der Waals surface area (Å²) in [6, 6.07) is 10.2. The number of aromatic nitrogens is 4. The van der Waals surface area contributed by atoms with E-state index in [2.05, 4.69) is 27.1 Å². The Labute approximate surface area is 220 Å². The number of rotatable bonds is 6. The number of hydrogen-bond donors (Lipinski definition) is 3. The lowest BCUT2D eigenvalue weighted by Gasteiger charge is -2.27. The Hall–Kier alpha value is -3.50. The molecule has 1 aliphatic carbocycles. The highest BCUT2D eigenvalue weighted by Gasteiger charge is 2.22. The molecule has 0 unspecified atom stereocenters. The topological polar surface area (TPSA) is 114 Å². The second-order valence-electron chi connectivity index (χ2n) is 9.98. The van der Waals surface area contributed by atoms with Crippen molar-refractivity contribution in [2.75, 3.05) is 23.7 Å². The maximum absolute atomic E-state index is 12.9. The molecule has 4 aromatic rings. The van der Waals surface area contributed by atoms with Gasteiger partial charge in [-0.25, -0.2) is 4.98 Å². The van der Waals surface area contributed by atoms with Gasteiger partial charge in [-0.2, -0.15) is 21.3 Å². The lowest BCUT2D eigenvalue weighted by molar-refractivity contribution is 0.0724. The SMILES string of the molecule is NC1CCC(Nc2nc(Nc3ccc(C(=O)N4CCCCC4)cc3)c3ncn(-c4ccsc4)c3n2)CC1. The first-order chi connectivity index (χ1) is 18.1. The number of nitrogens with one attached hydrogen (secondary N) is 2. The number of hydrogen-bond acceptors (Lipinski definition) is 8. The fourth-order valence-electron chi connectivity index (χ4n) is 5.19. The molecule has 0 radical (unpaired) electrons. The molecule has 192 valence electrons. The van der Waals surface area contributed by atoms with Gasteiger partial charge in [-0.3, -0.25) is 9.36 Å². The van der Waals surface area contributed by atoms with Crippen LogP contribution in [0.5, 0.6) is 0 Å². The van der Waals surface area contributed by atoms with Gasteiger partial charge >= 0.3 is 0 Å². The van der Waals surface area contributed by atoms with Gasteiger partial charge in [-0.1, -0.05) is 0 Å². The van der Waals surface area contributed by atoms with Gasteiger partial charge in [0.15, 0.2) is 17.0 Å². The Bertz CT molecular complexity index is 1350. The first-order valence-electron chi connectivity index (χ1n) is 13.1. The van der Waals surface area contributed by atoms with Crippen LogP contribution in [0.1, 0.15) is 55.3 Å². The lowest BCUT2D eigenvalue weighted by Crippen LogP contribution is -2.35. The molecule has 4 N–H and O–H groups in total. The maximum atomic E-state index is 12.9. The van der Waals surface area contributed by atoms with Crippen LogP contribution in [0.2, 0.25) is 0 Å². The minimum atomic E-state index is 0.101. The molecule has 4 heterocycles. The Kier molecular flexibility index (Phi) is 6.75. The number of nitrogens with zero attached hydrogens (tertiary/aromatic N) is 5. The van der Waals surface area contributed by atoms with Crippen LogP contribution in [-0.2, 0) is 0 Å². The number of likely N-dealkylation sites (tertiary alicyclic amines) is 1. The molecular formula is C27H32N8OS. The fraction of sp³-hybridized carbons (Fsp3) is 0.407. The third-order valence-corrected chi connectivity index (χ3v) is 7.99. The zero-order chi connectivity index (χ0) is 25.2. The smallest absolute Gasteiger partial charge is 0.253 e. The molecule has 10 heteroatoms. The van der Waals surface area contributed by atoms with Crippen LogP contribution < -0.4 is 16.4 Å². The second kappa shape index (κ2) is 10.5. The van der Waals surface area contributed by atoms with E-state index in [-0.39, 0.29) is 11.9 Å². The van der Waals surface area contributed by atoms with Gasteiger partial charge in [-0.15, -0.1) is 0 Å². The van der Waals surface area contributed by atoms with Gasteiger partial charge in [-0.05, 0) is 80.7 Å². The molecule has 37 heavy (non-hydrogen) atoms. The van der Waals surface area contributed by atoms with Crippen molar-refractivity contribution in [1.82, 2.24) is 24.4 Å². The number of amides is 1. The van der Waals surface area contributed by atoms with E-state index in [0.717, 1.165) is 68.6 Å². The average molecular weight is 517 g/mol. The molecule has 1 aliphatic heterocycles.